The average Bonchev–Trinajstić information content (AvgIpc) is 1.86. The van der Waals surface area contributed by atoms with E-state index < -0.39 is 5.54 Å². The van der Waals surface area contributed by atoms with Gasteiger partial charge in [0.15, 0.2) is 0 Å². The second-order valence-electron chi connectivity index (χ2n) is 3.33. The lowest BCUT2D eigenvalue weighted by molar-refractivity contribution is -0.153. The number of hydrogen-bond acceptors (Lipinski definition) is 3. The summed E-state index contributed by atoms with van der Waals surface area (Å²) in [5.74, 6) is -0.213. The van der Waals surface area contributed by atoms with Crippen LogP contribution in [0.1, 0.15) is 27.7 Å². The van der Waals surface area contributed by atoms with E-state index >= 15 is 0 Å². The third-order valence-electron chi connectivity index (χ3n) is 1.48. The van der Waals surface area contributed by atoms with Gasteiger partial charge in [-0.3, -0.25) is 4.79 Å². The molecule has 0 aliphatic carbocycles. The summed E-state index contributed by atoms with van der Waals surface area (Å²) in [4.78, 5) is 11.2. The summed E-state index contributed by atoms with van der Waals surface area (Å²) in [5.41, 5.74) is -0.579. The molecule has 0 atom stereocenters. The summed E-state index contributed by atoms with van der Waals surface area (Å²) >= 11 is 0. The lowest BCUT2D eigenvalue weighted by Crippen LogP contribution is -2.46. The van der Waals surface area contributed by atoms with Gasteiger partial charge in [0.1, 0.15) is 5.54 Å². The van der Waals surface area contributed by atoms with Crippen molar-refractivity contribution in [3.8, 4) is 0 Å². The molecule has 0 fully saturated rings. The largest absolute Gasteiger partial charge is 0.462 e. The maximum Gasteiger partial charge on any atom is 0.325 e. The third-order valence-corrected chi connectivity index (χ3v) is 1.48. The molecule has 0 saturated carbocycles. The van der Waals surface area contributed by atoms with E-state index in [2.05, 4.69) is 5.32 Å². The molecule has 0 aromatic rings. The maximum atomic E-state index is 11.2. The Morgan fingerprint density at radius 1 is 1.45 bits per heavy atom. The van der Waals surface area contributed by atoms with Gasteiger partial charge in [-0.05, 0) is 34.7 Å². The minimum atomic E-state index is -0.579. The van der Waals surface area contributed by atoms with Crippen LogP contribution in [0.3, 0.4) is 0 Å². The number of rotatable bonds is 3. The molecule has 1 N–H and O–H groups in total. The van der Waals surface area contributed by atoms with E-state index in [0.717, 1.165) is 0 Å². The number of hydrogen-bond donors (Lipinski definition) is 1. The van der Waals surface area contributed by atoms with Crippen LogP contribution in [0.5, 0.6) is 0 Å². The predicted octanol–water partition coefficient (Wildman–Crippen LogP) is 0.936. The van der Waals surface area contributed by atoms with Gasteiger partial charge >= 0.3 is 5.97 Å². The van der Waals surface area contributed by atoms with E-state index in [0.29, 0.717) is 0 Å². The van der Waals surface area contributed by atoms with Crippen LogP contribution in [0, 0.1) is 0 Å². The van der Waals surface area contributed by atoms with Gasteiger partial charge in [-0.25, -0.2) is 0 Å². The Kier molecular flexibility index (Phi) is 3.52. The molecule has 0 aliphatic heterocycles. The molecular weight excluding hydrogens is 142 g/mol. The van der Waals surface area contributed by atoms with E-state index in [1.807, 2.05) is 13.8 Å². The minimum Gasteiger partial charge on any atom is -0.462 e. The van der Waals surface area contributed by atoms with E-state index in [1.165, 1.54) is 0 Å². The summed E-state index contributed by atoms with van der Waals surface area (Å²) in [6, 6.07) is 0. The average molecular weight is 159 g/mol. The van der Waals surface area contributed by atoms with Crippen LogP contribution in [0.25, 0.3) is 0 Å². The molecule has 3 nitrogen and oxygen atoms in total. The zero-order chi connectivity index (χ0) is 9.07. The van der Waals surface area contributed by atoms with Crippen molar-refractivity contribution in [2.45, 2.75) is 39.3 Å². The lowest BCUT2D eigenvalue weighted by atomic mass is 10.1. The Morgan fingerprint density at radius 3 is 2.18 bits per heavy atom. The number of likely N-dealkylation sites (N-methyl/N-ethyl adjacent to an activating group) is 1. The normalized spacial score (nSPS) is 11.8. The molecule has 0 amide bonds. The van der Waals surface area contributed by atoms with Crippen molar-refractivity contribution < 1.29 is 9.53 Å². The van der Waals surface area contributed by atoms with Crippen molar-refractivity contribution in [2.75, 3.05) is 7.05 Å². The Hall–Kier alpha value is -0.570. The first-order valence-corrected chi connectivity index (χ1v) is 3.80. The second kappa shape index (κ2) is 3.72. The third kappa shape index (κ3) is 3.37. The van der Waals surface area contributed by atoms with Crippen LogP contribution < -0.4 is 5.32 Å². The van der Waals surface area contributed by atoms with Crippen molar-refractivity contribution in [3.05, 3.63) is 0 Å². The number of nitrogens with one attached hydrogen (secondary N) is 1. The fourth-order valence-corrected chi connectivity index (χ4v) is 0.463. The Bertz CT molecular complexity index is 141. The van der Waals surface area contributed by atoms with Crippen molar-refractivity contribution in [2.24, 2.45) is 0 Å². The monoisotopic (exact) mass is 159 g/mol. The molecule has 0 saturated heterocycles. The first-order chi connectivity index (χ1) is 4.90. The maximum absolute atomic E-state index is 11.2. The highest BCUT2D eigenvalue weighted by Gasteiger charge is 2.27. The SMILES string of the molecule is CNC(C)(C)C(=O)OC(C)C. The van der Waals surface area contributed by atoms with E-state index in [4.69, 9.17) is 4.74 Å². The highest BCUT2D eigenvalue weighted by molar-refractivity contribution is 5.79. The molecule has 0 aromatic carbocycles. The van der Waals surface area contributed by atoms with Crippen LogP contribution >= 0.6 is 0 Å². The van der Waals surface area contributed by atoms with Crippen molar-refractivity contribution in [3.63, 3.8) is 0 Å². The zero-order valence-corrected chi connectivity index (χ0v) is 7.89. The van der Waals surface area contributed by atoms with Gasteiger partial charge < -0.3 is 10.1 Å². The summed E-state index contributed by atoms with van der Waals surface area (Å²) in [6.45, 7) is 7.25. The molecule has 0 aliphatic rings. The van der Waals surface area contributed by atoms with Gasteiger partial charge in [-0.15, -0.1) is 0 Å². The molecule has 11 heavy (non-hydrogen) atoms. The number of carbonyl (C=O) groups is 1. The van der Waals surface area contributed by atoms with Gasteiger partial charge in [0.25, 0.3) is 0 Å². The lowest BCUT2D eigenvalue weighted by Gasteiger charge is -2.22. The molecule has 0 spiro atoms. The van der Waals surface area contributed by atoms with E-state index in [-0.39, 0.29) is 12.1 Å². The quantitative estimate of drug-likeness (QED) is 0.623. The molecule has 0 rings (SSSR count). The smallest absolute Gasteiger partial charge is 0.325 e. The summed E-state index contributed by atoms with van der Waals surface area (Å²) in [6.07, 6.45) is -0.0462. The summed E-state index contributed by atoms with van der Waals surface area (Å²) in [5, 5.41) is 2.87. The van der Waals surface area contributed by atoms with E-state index in [9.17, 15) is 4.79 Å². The Morgan fingerprint density at radius 2 is 1.91 bits per heavy atom. The molecule has 0 unspecified atom stereocenters. The highest BCUT2D eigenvalue weighted by atomic mass is 16.5. The number of ether oxygens (including phenoxy) is 1. The van der Waals surface area contributed by atoms with Gasteiger partial charge in [-0.1, -0.05) is 0 Å². The predicted molar refractivity (Wildman–Crippen MR) is 44.4 cm³/mol. The minimum absolute atomic E-state index is 0.0462. The molecule has 0 heterocycles. The summed E-state index contributed by atoms with van der Waals surface area (Å²) < 4.78 is 5.00. The first kappa shape index (κ1) is 10.4. The molecule has 66 valence electrons. The van der Waals surface area contributed by atoms with Gasteiger partial charge in [-0.2, -0.15) is 0 Å². The van der Waals surface area contributed by atoms with Gasteiger partial charge in [0.2, 0.25) is 0 Å². The van der Waals surface area contributed by atoms with Crippen LogP contribution in [0.2, 0.25) is 0 Å². The van der Waals surface area contributed by atoms with E-state index in [1.54, 1.807) is 20.9 Å². The Labute approximate surface area is 68.1 Å². The Balaban J connectivity index is 4.02. The first-order valence-electron chi connectivity index (χ1n) is 3.80. The van der Waals surface area contributed by atoms with Crippen molar-refractivity contribution >= 4 is 5.97 Å². The zero-order valence-electron chi connectivity index (χ0n) is 7.89. The van der Waals surface area contributed by atoms with Crippen molar-refractivity contribution in [1.82, 2.24) is 5.32 Å². The van der Waals surface area contributed by atoms with Crippen LogP contribution in [-0.2, 0) is 9.53 Å². The molecule has 3 heteroatoms. The van der Waals surface area contributed by atoms with Gasteiger partial charge in [0.05, 0.1) is 6.10 Å². The molecular formula is C8H17NO2. The molecule has 0 aromatic heterocycles. The van der Waals surface area contributed by atoms with Gasteiger partial charge in [0, 0.05) is 0 Å². The fourth-order valence-electron chi connectivity index (χ4n) is 0.463. The topological polar surface area (TPSA) is 38.3 Å². The molecule has 0 radical (unpaired) electrons. The van der Waals surface area contributed by atoms with Crippen molar-refractivity contribution in [1.29, 1.82) is 0 Å². The number of carbonyl (C=O) groups excluding carboxylic acids is 1. The second-order valence-corrected chi connectivity index (χ2v) is 3.33. The standard InChI is InChI=1S/C8H17NO2/c1-6(2)11-7(10)8(3,4)9-5/h6,9H,1-5H3. The van der Waals surface area contributed by atoms with Crippen LogP contribution in [-0.4, -0.2) is 24.7 Å². The van der Waals surface area contributed by atoms with Crippen LogP contribution in [0.4, 0.5) is 0 Å². The fraction of sp³-hybridized carbons (Fsp3) is 0.875. The highest BCUT2D eigenvalue weighted by Crippen LogP contribution is 2.05. The molecule has 0 bridgehead atoms. The number of esters is 1. The summed E-state index contributed by atoms with van der Waals surface area (Å²) in [7, 11) is 1.74. The van der Waals surface area contributed by atoms with Crippen LogP contribution in [0.15, 0.2) is 0 Å².